The fourth-order valence-corrected chi connectivity index (χ4v) is 3.28. The van der Waals surface area contributed by atoms with Crippen LogP contribution in [0.25, 0.3) is 10.6 Å². The van der Waals surface area contributed by atoms with E-state index in [1.807, 2.05) is 10.3 Å². The summed E-state index contributed by atoms with van der Waals surface area (Å²) in [7, 11) is 0. The number of nitrogens with zero attached hydrogens (tertiary/aromatic N) is 2. The van der Waals surface area contributed by atoms with Crippen molar-refractivity contribution in [2.24, 2.45) is 0 Å². The molecule has 1 fully saturated rings. The lowest BCUT2D eigenvalue weighted by atomic mass is 10.2. The molecule has 1 amide bonds. The number of benzene rings is 1. The van der Waals surface area contributed by atoms with Crippen LogP contribution >= 0.6 is 11.3 Å². The first-order chi connectivity index (χ1) is 9.72. The van der Waals surface area contributed by atoms with Gasteiger partial charge in [0.05, 0.1) is 12.1 Å². The SMILES string of the molecule is Cc1ccc(-c2nc(CC(=O)N3CCCC3)cs2)cc1. The molecule has 3 nitrogen and oxygen atoms in total. The van der Waals surface area contributed by atoms with Crippen molar-refractivity contribution >= 4 is 17.2 Å². The summed E-state index contributed by atoms with van der Waals surface area (Å²) in [4.78, 5) is 18.6. The monoisotopic (exact) mass is 286 g/mol. The van der Waals surface area contributed by atoms with Crippen LogP contribution in [0.15, 0.2) is 29.6 Å². The lowest BCUT2D eigenvalue weighted by Crippen LogP contribution is -2.29. The lowest BCUT2D eigenvalue weighted by molar-refractivity contribution is -0.129. The van der Waals surface area contributed by atoms with Gasteiger partial charge in [-0.2, -0.15) is 0 Å². The number of aryl methyl sites for hydroxylation is 1. The average molecular weight is 286 g/mol. The van der Waals surface area contributed by atoms with Crippen LogP contribution < -0.4 is 0 Å². The van der Waals surface area contributed by atoms with Crippen LogP contribution in [0.1, 0.15) is 24.1 Å². The van der Waals surface area contributed by atoms with Crippen molar-refractivity contribution in [3.63, 3.8) is 0 Å². The van der Waals surface area contributed by atoms with Crippen molar-refractivity contribution in [3.05, 3.63) is 40.9 Å². The van der Waals surface area contributed by atoms with Gasteiger partial charge < -0.3 is 4.90 Å². The highest BCUT2D eigenvalue weighted by Crippen LogP contribution is 2.24. The van der Waals surface area contributed by atoms with E-state index in [2.05, 4.69) is 36.2 Å². The Hall–Kier alpha value is -1.68. The van der Waals surface area contributed by atoms with Gasteiger partial charge in [-0.15, -0.1) is 11.3 Å². The molecule has 0 aliphatic carbocycles. The molecule has 0 saturated carbocycles. The number of hydrogen-bond acceptors (Lipinski definition) is 3. The van der Waals surface area contributed by atoms with E-state index in [1.165, 1.54) is 5.56 Å². The first-order valence-electron chi connectivity index (χ1n) is 7.01. The number of hydrogen-bond donors (Lipinski definition) is 0. The molecule has 1 aliphatic rings. The molecule has 4 heteroatoms. The van der Waals surface area contributed by atoms with E-state index in [0.29, 0.717) is 6.42 Å². The summed E-state index contributed by atoms with van der Waals surface area (Å²) in [5.41, 5.74) is 3.26. The Morgan fingerprint density at radius 3 is 2.65 bits per heavy atom. The quantitative estimate of drug-likeness (QED) is 0.867. The Bertz CT molecular complexity index is 597. The van der Waals surface area contributed by atoms with Gasteiger partial charge in [0.25, 0.3) is 0 Å². The van der Waals surface area contributed by atoms with E-state index >= 15 is 0 Å². The minimum atomic E-state index is 0.211. The molecule has 0 spiro atoms. The molecule has 20 heavy (non-hydrogen) atoms. The maximum atomic E-state index is 12.1. The average Bonchev–Trinajstić information content (AvgIpc) is 3.10. The Balaban J connectivity index is 1.70. The van der Waals surface area contributed by atoms with Crippen molar-refractivity contribution in [1.29, 1.82) is 0 Å². The smallest absolute Gasteiger partial charge is 0.228 e. The van der Waals surface area contributed by atoms with Gasteiger partial charge >= 0.3 is 0 Å². The maximum absolute atomic E-state index is 12.1. The second kappa shape index (κ2) is 5.75. The van der Waals surface area contributed by atoms with E-state index in [0.717, 1.165) is 42.2 Å². The molecule has 0 unspecified atom stereocenters. The van der Waals surface area contributed by atoms with Crippen molar-refractivity contribution in [2.75, 3.05) is 13.1 Å². The van der Waals surface area contributed by atoms with E-state index in [1.54, 1.807) is 11.3 Å². The molecule has 0 atom stereocenters. The minimum Gasteiger partial charge on any atom is -0.342 e. The van der Waals surface area contributed by atoms with Crippen molar-refractivity contribution < 1.29 is 4.79 Å². The first-order valence-corrected chi connectivity index (χ1v) is 7.89. The number of carbonyl (C=O) groups excluding carboxylic acids is 1. The van der Waals surface area contributed by atoms with Crippen molar-refractivity contribution in [2.45, 2.75) is 26.2 Å². The first kappa shape index (κ1) is 13.3. The van der Waals surface area contributed by atoms with Crippen LogP contribution in [0, 0.1) is 6.92 Å². The topological polar surface area (TPSA) is 33.2 Å². The molecule has 3 rings (SSSR count). The highest BCUT2D eigenvalue weighted by atomic mass is 32.1. The fourth-order valence-electron chi connectivity index (χ4n) is 2.45. The number of thiazole rings is 1. The van der Waals surface area contributed by atoms with Gasteiger partial charge in [0.1, 0.15) is 5.01 Å². The van der Waals surface area contributed by atoms with Gasteiger partial charge in [-0.1, -0.05) is 29.8 Å². The van der Waals surface area contributed by atoms with Crippen LogP contribution in [0.2, 0.25) is 0 Å². The molecule has 0 radical (unpaired) electrons. The molecular formula is C16H18N2OS. The Kier molecular flexibility index (Phi) is 3.83. The van der Waals surface area contributed by atoms with Crippen LogP contribution in [0.3, 0.4) is 0 Å². The zero-order valence-corrected chi connectivity index (χ0v) is 12.4. The second-order valence-electron chi connectivity index (χ2n) is 5.27. The fraction of sp³-hybridized carbons (Fsp3) is 0.375. The summed E-state index contributed by atoms with van der Waals surface area (Å²) in [5, 5.41) is 3.00. The molecule has 0 bridgehead atoms. The Morgan fingerprint density at radius 1 is 1.25 bits per heavy atom. The molecule has 1 aliphatic heterocycles. The number of amides is 1. The molecule has 2 aromatic rings. The minimum absolute atomic E-state index is 0.211. The van der Waals surface area contributed by atoms with Crippen LogP contribution in [0.5, 0.6) is 0 Å². The summed E-state index contributed by atoms with van der Waals surface area (Å²) in [6.45, 7) is 3.90. The van der Waals surface area contributed by atoms with Crippen molar-refractivity contribution in [1.82, 2.24) is 9.88 Å². The van der Waals surface area contributed by atoms with E-state index in [4.69, 9.17) is 0 Å². The molecule has 1 aromatic heterocycles. The van der Waals surface area contributed by atoms with E-state index in [9.17, 15) is 4.79 Å². The summed E-state index contributed by atoms with van der Waals surface area (Å²) in [5.74, 6) is 0.211. The third-order valence-electron chi connectivity index (χ3n) is 3.64. The van der Waals surface area contributed by atoms with Gasteiger partial charge in [0.15, 0.2) is 0 Å². The molecule has 0 N–H and O–H groups in total. The largest absolute Gasteiger partial charge is 0.342 e. The second-order valence-corrected chi connectivity index (χ2v) is 6.13. The summed E-state index contributed by atoms with van der Waals surface area (Å²) >= 11 is 1.61. The van der Waals surface area contributed by atoms with Crippen LogP contribution in [-0.4, -0.2) is 28.9 Å². The standard InChI is InChI=1S/C16H18N2OS/c1-12-4-6-13(7-5-12)16-17-14(11-20-16)10-15(19)18-8-2-3-9-18/h4-7,11H,2-3,8-10H2,1H3. The van der Waals surface area contributed by atoms with Gasteiger partial charge in [0.2, 0.25) is 5.91 Å². The van der Waals surface area contributed by atoms with Crippen LogP contribution in [0.4, 0.5) is 0 Å². The molecule has 1 saturated heterocycles. The Morgan fingerprint density at radius 2 is 1.95 bits per heavy atom. The predicted octanol–water partition coefficient (Wildman–Crippen LogP) is 3.28. The molecular weight excluding hydrogens is 268 g/mol. The predicted molar refractivity (Wildman–Crippen MR) is 81.8 cm³/mol. The summed E-state index contributed by atoms with van der Waals surface area (Å²) < 4.78 is 0. The summed E-state index contributed by atoms with van der Waals surface area (Å²) in [6.07, 6.45) is 2.71. The van der Waals surface area contributed by atoms with Gasteiger partial charge in [-0.05, 0) is 19.8 Å². The van der Waals surface area contributed by atoms with Gasteiger partial charge in [-0.3, -0.25) is 4.79 Å². The lowest BCUT2D eigenvalue weighted by Gasteiger charge is -2.13. The normalized spacial score (nSPS) is 14.8. The highest BCUT2D eigenvalue weighted by molar-refractivity contribution is 7.13. The Labute approximate surface area is 123 Å². The number of rotatable bonds is 3. The van der Waals surface area contributed by atoms with Crippen LogP contribution in [-0.2, 0) is 11.2 Å². The maximum Gasteiger partial charge on any atom is 0.228 e. The molecule has 104 valence electrons. The van der Waals surface area contributed by atoms with Gasteiger partial charge in [0, 0.05) is 24.0 Å². The van der Waals surface area contributed by atoms with E-state index < -0.39 is 0 Å². The zero-order valence-electron chi connectivity index (χ0n) is 11.6. The third kappa shape index (κ3) is 2.90. The van der Waals surface area contributed by atoms with Gasteiger partial charge in [-0.25, -0.2) is 4.98 Å². The third-order valence-corrected chi connectivity index (χ3v) is 4.58. The number of aromatic nitrogens is 1. The molecule has 2 heterocycles. The van der Waals surface area contributed by atoms with E-state index in [-0.39, 0.29) is 5.91 Å². The molecule has 1 aromatic carbocycles. The number of likely N-dealkylation sites (tertiary alicyclic amines) is 1. The number of carbonyl (C=O) groups is 1. The highest BCUT2D eigenvalue weighted by Gasteiger charge is 2.19. The zero-order chi connectivity index (χ0) is 13.9. The summed E-state index contributed by atoms with van der Waals surface area (Å²) in [6, 6.07) is 8.35. The van der Waals surface area contributed by atoms with Crippen molar-refractivity contribution in [3.8, 4) is 10.6 Å².